The van der Waals surface area contributed by atoms with Crippen LogP contribution in [-0.4, -0.2) is 13.7 Å². The first-order valence-corrected chi connectivity index (χ1v) is 28.3. The second-order valence-electron chi connectivity index (χ2n) is 22.0. The van der Waals surface area contributed by atoms with E-state index in [1.165, 1.54) is 130 Å². The molecule has 0 bridgehead atoms. The first kappa shape index (κ1) is 45.0. The summed E-state index contributed by atoms with van der Waals surface area (Å²) in [5, 5.41) is 22.5. The average molecular weight is 1040 g/mol. The van der Waals surface area contributed by atoms with E-state index in [4.69, 9.17) is 0 Å². The Morgan fingerprint density at radius 2 is 0.415 bits per heavy atom. The van der Waals surface area contributed by atoms with Crippen molar-refractivity contribution in [2.45, 2.75) is 0 Å². The molecular weight excluding hydrogens is 993 g/mol. The molecule has 18 rings (SSSR count). The minimum atomic E-state index is 1.06. The summed E-state index contributed by atoms with van der Waals surface area (Å²) >= 11 is 0. The maximum Gasteiger partial charge on any atom is 0.0619 e. The molecule has 0 N–H and O–H groups in total. The summed E-state index contributed by atoms with van der Waals surface area (Å²) in [6, 6.07) is 108. The third kappa shape index (κ3) is 6.43. The normalized spacial score (nSPS) is 12.1. The molecule has 82 heavy (non-hydrogen) atoms. The minimum Gasteiger partial charge on any atom is -0.310 e. The summed E-state index contributed by atoms with van der Waals surface area (Å²) < 4.78 is 7.44. The average Bonchev–Trinajstić information content (AvgIpc) is 3.28. The summed E-state index contributed by atoms with van der Waals surface area (Å²) in [4.78, 5) is 2.41. The van der Waals surface area contributed by atoms with Crippen molar-refractivity contribution in [3.05, 3.63) is 291 Å². The van der Waals surface area contributed by atoms with Gasteiger partial charge in [0, 0.05) is 82.6 Å². The molecular formula is C78H48N4. The SMILES string of the molecule is c1ccc2c(c1)ccc1c2c2ccc3ccccc3c2n1-c1ccc(N(c2ccc(-n3c4ccc5ccccc5c4c4ccc5ccccc5c43)cc2)c2ccc(-n3c4ccc5ccccc5c4c4ccc5ccccc5c43)cc2)cc1. The van der Waals surface area contributed by atoms with Crippen molar-refractivity contribution in [1.82, 2.24) is 13.7 Å². The lowest BCUT2D eigenvalue weighted by molar-refractivity contribution is 1.16. The Morgan fingerprint density at radius 1 is 0.183 bits per heavy atom. The predicted octanol–water partition coefficient (Wildman–Crippen LogP) is 21.4. The molecule has 3 aromatic heterocycles. The van der Waals surface area contributed by atoms with Crippen molar-refractivity contribution in [1.29, 1.82) is 0 Å². The molecule has 15 aromatic carbocycles. The van der Waals surface area contributed by atoms with E-state index in [9.17, 15) is 0 Å². The topological polar surface area (TPSA) is 18.0 Å². The number of fused-ring (bicyclic) bond motifs is 21. The van der Waals surface area contributed by atoms with Crippen LogP contribution in [0.1, 0.15) is 0 Å². The lowest BCUT2D eigenvalue weighted by atomic mass is 10.0. The monoisotopic (exact) mass is 1040 g/mol. The van der Waals surface area contributed by atoms with Gasteiger partial charge < -0.3 is 18.6 Å². The zero-order valence-corrected chi connectivity index (χ0v) is 44.5. The van der Waals surface area contributed by atoms with Crippen LogP contribution in [0.3, 0.4) is 0 Å². The molecule has 0 spiro atoms. The fraction of sp³-hybridized carbons (Fsp3) is 0. The maximum absolute atomic E-state index is 2.48. The first-order valence-electron chi connectivity index (χ1n) is 28.3. The number of aromatic nitrogens is 3. The van der Waals surface area contributed by atoms with Crippen LogP contribution in [0.5, 0.6) is 0 Å². The molecule has 4 heteroatoms. The zero-order chi connectivity index (χ0) is 53.6. The van der Waals surface area contributed by atoms with Crippen LogP contribution in [0.15, 0.2) is 291 Å². The number of rotatable bonds is 6. The van der Waals surface area contributed by atoms with E-state index in [-0.39, 0.29) is 0 Å². The molecule has 0 saturated heterocycles. The molecule has 0 saturated carbocycles. The maximum atomic E-state index is 2.48. The van der Waals surface area contributed by atoms with E-state index >= 15 is 0 Å². The van der Waals surface area contributed by atoms with Crippen LogP contribution in [-0.2, 0) is 0 Å². The van der Waals surface area contributed by atoms with Gasteiger partial charge in [0.1, 0.15) is 0 Å². The van der Waals surface area contributed by atoms with Gasteiger partial charge in [-0.05, 0) is 139 Å². The van der Waals surface area contributed by atoms with Gasteiger partial charge in [0.05, 0.1) is 33.1 Å². The van der Waals surface area contributed by atoms with Crippen molar-refractivity contribution < 1.29 is 0 Å². The molecule has 0 aliphatic rings. The Kier molecular flexibility index (Phi) is 9.48. The summed E-state index contributed by atoms with van der Waals surface area (Å²) in [5.74, 6) is 0. The Hall–Kier alpha value is -10.9. The Labute approximate surface area is 471 Å². The molecule has 4 nitrogen and oxygen atoms in total. The van der Waals surface area contributed by atoms with Gasteiger partial charge in [-0.15, -0.1) is 0 Å². The predicted molar refractivity (Wildman–Crippen MR) is 349 cm³/mol. The summed E-state index contributed by atoms with van der Waals surface area (Å²) in [6.45, 7) is 0. The molecule has 3 heterocycles. The van der Waals surface area contributed by atoms with Crippen molar-refractivity contribution >= 4 is 147 Å². The number of hydrogen-bond donors (Lipinski definition) is 0. The van der Waals surface area contributed by atoms with E-state index in [0.717, 1.165) is 34.1 Å². The third-order valence-corrected chi connectivity index (χ3v) is 17.7. The van der Waals surface area contributed by atoms with Crippen molar-refractivity contribution in [2.75, 3.05) is 4.90 Å². The molecule has 0 fully saturated rings. The molecule has 0 atom stereocenters. The lowest BCUT2D eigenvalue weighted by Crippen LogP contribution is -2.10. The minimum absolute atomic E-state index is 1.06. The summed E-state index contributed by atoms with van der Waals surface area (Å²) in [5.41, 5.74) is 13.7. The number of anilines is 3. The number of benzene rings is 15. The van der Waals surface area contributed by atoms with Crippen molar-refractivity contribution in [3.8, 4) is 17.1 Å². The molecule has 18 aromatic rings. The highest BCUT2D eigenvalue weighted by atomic mass is 15.1. The molecule has 380 valence electrons. The number of hydrogen-bond acceptors (Lipinski definition) is 1. The fourth-order valence-electron chi connectivity index (χ4n) is 14.1. The summed E-state index contributed by atoms with van der Waals surface area (Å²) in [7, 11) is 0. The lowest BCUT2D eigenvalue weighted by Gasteiger charge is -2.26. The van der Waals surface area contributed by atoms with E-state index in [0.29, 0.717) is 0 Å². The van der Waals surface area contributed by atoms with Gasteiger partial charge in [-0.1, -0.05) is 200 Å². The Balaban J connectivity index is 0.836. The van der Waals surface area contributed by atoms with Crippen LogP contribution in [0, 0.1) is 0 Å². The van der Waals surface area contributed by atoms with Crippen molar-refractivity contribution in [2.24, 2.45) is 0 Å². The first-order chi connectivity index (χ1) is 40.7. The van der Waals surface area contributed by atoms with Gasteiger partial charge in [-0.25, -0.2) is 0 Å². The van der Waals surface area contributed by atoms with Gasteiger partial charge in [-0.3, -0.25) is 0 Å². The van der Waals surface area contributed by atoms with E-state index in [2.05, 4.69) is 310 Å². The molecule has 0 radical (unpaired) electrons. The van der Waals surface area contributed by atoms with Crippen LogP contribution >= 0.6 is 0 Å². The number of nitrogens with zero attached hydrogens (tertiary/aromatic N) is 4. The standard InChI is InChI=1S/C78H48N4/c1-7-19-61-49(13-1)28-46-70-73(61)67-43-25-52-16-4-10-22-64(52)76(67)80(70)58-37-31-55(32-38-58)79(56-33-39-59(40-34-56)81-71-47-29-50-14-2-8-20-62(50)74(71)68-44-26-53-17-5-11-23-65(53)77(68)81)57-35-41-60(42-36-57)82-72-48-30-51-15-3-9-21-63(51)75(72)69-45-27-54-18-6-12-24-66(54)78(69)82/h1-48H. The van der Waals surface area contributed by atoms with Gasteiger partial charge in [-0.2, -0.15) is 0 Å². The third-order valence-electron chi connectivity index (χ3n) is 17.7. The largest absolute Gasteiger partial charge is 0.310 e. The molecule has 0 amide bonds. The Bertz CT molecular complexity index is 5120. The zero-order valence-electron chi connectivity index (χ0n) is 44.5. The molecule has 0 aliphatic heterocycles. The van der Waals surface area contributed by atoms with Gasteiger partial charge in [0.2, 0.25) is 0 Å². The van der Waals surface area contributed by atoms with Crippen LogP contribution in [0.2, 0.25) is 0 Å². The van der Waals surface area contributed by atoms with Gasteiger partial charge in [0.15, 0.2) is 0 Å². The van der Waals surface area contributed by atoms with E-state index in [1.54, 1.807) is 0 Å². The summed E-state index contributed by atoms with van der Waals surface area (Å²) in [6.07, 6.45) is 0. The quantitative estimate of drug-likeness (QED) is 0.162. The smallest absolute Gasteiger partial charge is 0.0619 e. The Morgan fingerprint density at radius 3 is 0.695 bits per heavy atom. The van der Waals surface area contributed by atoms with Crippen LogP contribution in [0.25, 0.3) is 147 Å². The van der Waals surface area contributed by atoms with Crippen LogP contribution < -0.4 is 4.90 Å². The highest BCUT2D eigenvalue weighted by molar-refractivity contribution is 6.28. The highest BCUT2D eigenvalue weighted by Gasteiger charge is 2.23. The highest BCUT2D eigenvalue weighted by Crippen LogP contribution is 2.46. The second-order valence-corrected chi connectivity index (χ2v) is 22.0. The fourth-order valence-corrected chi connectivity index (χ4v) is 14.1. The molecule has 0 unspecified atom stereocenters. The molecule has 0 aliphatic carbocycles. The second kappa shape index (κ2) is 17.3. The van der Waals surface area contributed by atoms with Crippen LogP contribution in [0.4, 0.5) is 17.1 Å². The van der Waals surface area contributed by atoms with E-state index in [1.807, 2.05) is 0 Å². The van der Waals surface area contributed by atoms with Crippen molar-refractivity contribution in [3.63, 3.8) is 0 Å². The van der Waals surface area contributed by atoms with Gasteiger partial charge in [0.25, 0.3) is 0 Å². The van der Waals surface area contributed by atoms with Gasteiger partial charge >= 0.3 is 0 Å². The van der Waals surface area contributed by atoms with E-state index < -0.39 is 0 Å².